The van der Waals surface area contributed by atoms with Gasteiger partial charge in [-0.05, 0) is 65.9 Å². The molecule has 0 aliphatic heterocycles. The van der Waals surface area contributed by atoms with Gasteiger partial charge in [-0.3, -0.25) is 0 Å². The molecule has 0 unspecified atom stereocenters. The van der Waals surface area contributed by atoms with Crippen LogP contribution in [0, 0.1) is 3.57 Å². The number of carbonyl (C=O) groups excluding carboxylic acids is 1. The Balaban J connectivity index is 0.000000219. The third-order valence-electron chi connectivity index (χ3n) is 2.38. The van der Waals surface area contributed by atoms with Crippen molar-refractivity contribution >= 4 is 34.5 Å². The van der Waals surface area contributed by atoms with Crippen LogP contribution in [0.1, 0.15) is 27.6 Å². The molecule has 0 fully saturated rings. The number of benzene rings is 2. The van der Waals surface area contributed by atoms with Crippen LogP contribution >= 0.6 is 22.6 Å². The fourth-order valence-electron chi connectivity index (χ4n) is 1.38. The van der Waals surface area contributed by atoms with Crippen LogP contribution in [0.2, 0.25) is 0 Å². The Kier molecular flexibility index (Phi) is 7.45. The molecule has 2 aromatic rings. The molecule has 1 N–H and O–H groups in total. The number of aromatic carboxylic acids is 1. The number of esters is 1. The lowest BCUT2D eigenvalue weighted by Gasteiger charge is -2.00. The van der Waals surface area contributed by atoms with Gasteiger partial charge in [-0.15, -0.1) is 0 Å². The Bertz CT molecular complexity index is 579. The zero-order valence-corrected chi connectivity index (χ0v) is 13.6. The van der Waals surface area contributed by atoms with Gasteiger partial charge in [-0.1, -0.05) is 18.2 Å². The number of hydrogen-bond acceptors (Lipinski definition) is 3. The van der Waals surface area contributed by atoms with Crippen LogP contribution in [0.3, 0.4) is 0 Å². The summed E-state index contributed by atoms with van der Waals surface area (Å²) in [6.45, 7) is 2.22. The summed E-state index contributed by atoms with van der Waals surface area (Å²) in [6, 6.07) is 15.6. The highest BCUT2D eigenvalue weighted by atomic mass is 127. The largest absolute Gasteiger partial charge is 0.478 e. The highest BCUT2D eigenvalue weighted by Gasteiger charge is 2.04. The van der Waals surface area contributed by atoms with Crippen LogP contribution in [0.5, 0.6) is 0 Å². The normalized spacial score (nSPS) is 9.24. The summed E-state index contributed by atoms with van der Waals surface area (Å²) in [5.74, 6) is -1.13. The minimum absolute atomic E-state index is 0.256. The van der Waals surface area contributed by atoms with Crippen molar-refractivity contribution in [3.8, 4) is 0 Å². The molecular formula is C16H15IO4. The zero-order chi connectivity index (χ0) is 15.7. The highest BCUT2D eigenvalue weighted by molar-refractivity contribution is 14.1. The van der Waals surface area contributed by atoms with E-state index in [2.05, 4.69) is 22.6 Å². The van der Waals surface area contributed by atoms with Crippen LogP contribution in [-0.2, 0) is 4.74 Å². The van der Waals surface area contributed by atoms with Gasteiger partial charge in [0, 0.05) is 3.57 Å². The van der Waals surface area contributed by atoms with E-state index in [1.165, 1.54) is 0 Å². The van der Waals surface area contributed by atoms with Gasteiger partial charge in [0.15, 0.2) is 0 Å². The molecule has 0 heterocycles. The lowest BCUT2D eigenvalue weighted by Crippen LogP contribution is -2.03. The lowest BCUT2D eigenvalue weighted by atomic mass is 10.2. The molecule has 5 heteroatoms. The first-order valence-corrected chi connectivity index (χ1v) is 7.33. The zero-order valence-electron chi connectivity index (χ0n) is 11.5. The molecule has 0 saturated carbocycles. The van der Waals surface area contributed by atoms with E-state index in [0.29, 0.717) is 17.7 Å². The second-order valence-electron chi connectivity index (χ2n) is 3.90. The van der Waals surface area contributed by atoms with Crippen LogP contribution in [0.25, 0.3) is 0 Å². The van der Waals surface area contributed by atoms with Crippen molar-refractivity contribution in [2.75, 3.05) is 6.61 Å². The number of carboxylic acid groups (broad SMARTS) is 1. The second-order valence-corrected chi connectivity index (χ2v) is 5.14. The van der Waals surface area contributed by atoms with Crippen molar-refractivity contribution in [3.05, 3.63) is 69.3 Å². The third kappa shape index (κ3) is 6.40. The summed E-state index contributed by atoms with van der Waals surface area (Å²) in [5.41, 5.74) is 0.940. The summed E-state index contributed by atoms with van der Waals surface area (Å²) in [5, 5.41) is 8.38. The van der Waals surface area contributed by atoms with Crippen LogP contribution in [0.15, 0.2) is 54.6 Å². The molecule has 0 radical (unpaired) electrons. The second kappa shape index (κ2) is 9.12. The van der Waals surface area contributed by atoms with Gasteiger partial charge in [0.25, 0.3) is 0 Å². The van der Waals surface area contributed by atoms with Gasteiger partial charge in [-0.2, -0.15) is 0 Å². The van der Waals surface area contributed by atoms with E-state index in [0.717, 1.165) is 3.57 Å². The van der Waals surface area contributed by atoms with Crippen LogP contribution < -0.4 is 0 Å². The molecule has 2 rings (SSSR count). The summed E-state index contributed by atoms with van der Waals surface area (Å²) >= 11 is 2.19. The van der Waals surface area contributed by atoms with Gasteiger partial charge in [0.05, 0.1) is 17.7 Å². The molecule has 0 amide bonds. The van der Waals surface area contributed by atoms with Gasteiger partial charge in [0.2, 0.25) is 0 Å². The van der Waals surface area contributed by atoms with Gasteiger partial charge in [-0.25, -0.2) is 9.59 Å². The van der Waals surface area contributed by atoms with E-state index in [9.17, 15) is 9.59 Å². The minimum atomic E-state index is -0.879. The SMILES string of the molecule is CCOC(=O)c1ccc(I)cc1.O=C(O)c1ccccc1. The molecule has 0 saturated heterocycles. The maximum absolute atomic E-state index is 11.1. The molecule has 0 aliphatic rings. The van der Waals surface area contributed by atoms with Gasteiger partial charge in [0.1, 0.15) is 0 Å². The molecule has 0 bridgehead atoms. The molecule has 0 atom stereocenters. The summed E-state index contributed by atoms with van der Waals surface area (Å²) in [7, 11) is 0. The smallest absolute Gasteiger partial charge is 0.338 e. The molecular weight excluding hydrogens is 383 g/mol. The first kappa shape index (κ1) is 17.2. The predicted molar refractivity (Wildman–Crippen MR) is 88.5 cm³/mol. The number of carbonyl (C=O) groups is 2. The van der Waals surface area contributed by atoms with Crippen molar-refractivity contribution in [3.63, 3.8) is 0 Å². The molecule has 4 nitrogen and oxygen atoms in total. The molecule has 2 aromatic carbocycles. The summed E-state index contributed by atoms with van der Waals surface area (Å²) in [4.78, 5) is 21.3. The van der Waals surface area contributed by atoms with E-state index in [4.69, 9.17) is 9.84 Å². The first-order valence-electron chi connectivity index (χ1n) is 6.25. The predicted octanol–water partition coefficient (Wildman–Crippen LogP) is 3.85. The van der Waals surface area contributed by atoms with E-state index >= 15 is 0 Å². The monoisotopic (exact) mass is 398 g/mol. The number of ether oxygens (including phenoxy) is 1. The van der Waals surface area contributed by atoms with E-state index < -0.39 is 5.97 Å². The van der Waals surface area contributed by atoms with Crippen molar-refractivity contribution in [1.82, 2.24) is 0 Å². The van der Waals surface area contributed by atoms with Gasteiger partial charge >= 0.3 is 11.9 Å². The van der Waals surface area contributed by atoms with E-state index in [1.54, 1.807) is 49.4 Å². The van der Waals surface area contributed by atoms with E-state index in [-0.39, 0.29) is 5.97 Å². The fourth-order valence-corrected chi connectivity index (χ4v) is 1.74. The third-order valence-corrected chi connectivity index (χ3v) is 3.10. The summed E-state index contributed by atoms with van der Waals surface area (Å²) in [6.07, 6.45) is 0. The summed E-state index contributed by atoms with van der Waals surface area (Å²) < 4.78 is 5.94. The first-order chi connectivity index (χ1) is 10.0. The number of carboxylic acids is 1. The minimum Gasteiger partial charge on any atom is -0.478 e. The van der Waals surface area contributed by atoms with E-state index in [1.807, 2.05) is 12.1 Å². The quantitative estimate of drug-likeness (QED) is 0.630. The number of halogens is 1. The Hall–Kier alpha value is -1.89. The van der Waals surface area contributed by atoms with Crippen molar-refractivity contribution < 1.29 is 19.4 Å². The maximum atomic E-state index is 11.1. The Morgan fingerprint density at radius 2 is 1.57 bits per heavy atom. The maximum Gasteiger partial charge on any atom is 0.338 e. The average Bonchev–Trinajstić information content (AvgIpc) is 2.50. The fraction of sp³-hybridized carbons (Fsp3) is 0.125. The van der Waals surface area contributed by atoms with Gasteiger partial charge < -0.3 is 9.84 Å². The molecule has 0 aliphatic carbocycles. The number of rotatable bonds is 3. The van der Waals surface area contributed by atoms with Crippen LogP contribution in [-0.4, -0.2) is 23.7 Å². The van der Waals surface area contributed by atoms with Crippen molar-refractivity contribution in [1.29, 1.82) is 0 Å². The average molecular weight is 398 g/mol. The molecule has 0 spiro atoms. The highest BCUT2D eigenvalue weighted by Crippen LogP contribution is 2.07. The Morgan fingerprint density at radius 3 is 2.00 bits per heavy atom. The molecule has 110 valence electrons. The van der Waals surface area contributed by atoms with Crippen molar-refractivity contribution in [2.45, 2.75) is 6.92 Å². The Labute approximate surface area is 136 Å². The number of hydrogen-bond donors (Lipinski definition) is 1. The topological polar surface area (TPSA) is 63.6 Å². The lowest BCUT2D eigenvalue weighted by molar-refractivity contribution is 0.0525. The molecule has 21 heavy (non-hydrogen) atoms. The Morgan fingerprint density at radius 1 is 1.00 bits per heavy atom. The standard InChI is InChI=1S/C9H9IO2.C7H6O2/c1-2-12-9(11)7-3-5-8(10)6-4-7;8-7(9)6-4-2-1-3-5-6/h3-6H,2H2,1H3;1-5H,(H,8,9). The van der Waals surface area contributed by atoms with Crippen LogP contribution in [0.4, 0.5) is 0 Å². The molecule has 0 aromatic heterocycles. The van der Waals surface area contributed by atoms with Crippen molar-refractivity contribution in [2.24, 2.45) is 0 Å².